The molecule has 5 heteroatoms. The largest absolute Gasteiger partial charge is 0.292 e. The van der Waals surface area contributed by atoms with Crippen LogP contribution >= 0.6 is 11.3 Å². The number of hydrogen-bond donors (Lipinski definition) is 0. The molecule has 1 aliphatic heterocycles. The Morgan fingerprint density at radius 2 is 2.23 bits per heavy atom. The third kappa shape index (κ3) is 1.93. The third-order valence-corrected chi connectivity index (χ3v) is 5.31. The highest BCUT2D eigenvalue weighted by atomic mass is 32.1. The lowest BCUT2D eigenvalue weighted by Crippen LogP contribution is -2.20. The minimum absolute atomic E-state index is 0.0939. The van der Waals surface area contributed by atoms with E-state index in [1.807, 2.05) is 36.7 Å². The van der Waals surface area contributed by atoms with Crippen molar-refractivity contribution in [2.75, 3.05) is 0 Å². The summed E-state index contributed by atoms with van der Waals surface area (Å²) in [6.45, 7) is 4.76. The molecule has 0 N–H and O–H groups in total. The lowest BCUT2D eigenvalue weighted by molar-refractivity contribution is 0.726. The Kier molecular flexibility index (Phi) is 2.97. The lowest BCUT2D eigenvalue weighted by Gasteiger charge is -2.03. The summed E-state index contributed by atoms with van der Waals surface area (Å²) in [5.74, 6) is 0.808. The van der Waals surface area contributed by atoms with E-state index < -0.39 is 0 Å². The van der Waals surface area contributed by atoms with Crippen LogP contribution in [0.1, 0.15) is 28.2 Å². The van der Waals surface area contributed by atoms with Crippen LogP contribution in [0.4, 0.5) is 0 Å². The van der Waals surface area contributed by atoms with Crippen LogP contribution < -0.4 is 5.56 Å². The number of thiophene rings is 1. The molecule has 0 fully saturated rings. The van der Waals surface area contributed by atoms with Crippen LogP contribution in [0, 0.1) is 13.8 Å². The summed E-state index contributed by atoms with van der Waals surface area (Å²) >= 11 is 1.60. The molecular weight excluding hydrogens is 294 g/mol. The fourth-order valence-electron chi connectivity index (χ4n) is 2.92. The highest BCUT2D eigenvalue weighted by Crippen LogP contribution is 2.31. The van der Waals surface area contributed by atoms with Gasteiger partial charge in [0, 0.05) is 23.8 Å². The number of aryl methyl sites for hydroxylation is 2. The van der Waals surface area contributed by atoms with Crippen LogP contribution in [0.3, 0.4) is 0 Å². The van der Waals surface area contributed by atoms with Crippen molar-refractivity contribution in [3.8, 4) is 0 Å². The van der Waals surface area contributed by atoms with Crippen molar-refractivity contribution in [2.45, 2.75) is 26.8 Å². The molecule has 0 amide bonds. The molecule has 0 saturated carbocycles. The molecule has 0 saturated heterocycles. The van der Waals surface area contributed by atoms with E-state index in [0.29, 0.717) is 6.54 Å². The van der Waals surface area contributed by atoms with Crippen LogP contribution in [0.5, 0.6) is 0 Å². The van der Waals surface area contributed by atoms with Gasteiger partial charge in [-0.2, -0.15) is 0 Å². The molecule has 110 valence electrons. The van der Waals surface area contributed by atoms with Crippen molar-refractivity contribution in [1.82, 2.24) is 14.5 Å². The number of allylic oxidation sites excluding steroid dienone is 1. The van der Waals surface area contributed by atoms with E-state index in [4.69, 9.17) is 4.98 Å². The zero-order chi connectivity index (χ0) is 15.3. The normalized spacial score (nSPS) is 15.6. The summed E-state index contributed by atoms with van der Waals surface area (Å²) in [6.07, 6.45) is 6.50. The number of nitrogens with zero attached hydrogens (tertiary/aromatic N) is 3. The molecule has 0 spiro atoms. The average Bonchev–Trinajstić information content (AvgIpc) is 3.03. The van der Waals surface area contributed by atoms with Gasteiger partial charge < -0.3 is 0 Å². The average molecular weight is 309 g/mol. The second-order valence-electron chi connectivity index (χ2n) is 5.56. The first-order chi connectivity index (χ1) is 10.6. The zero-order valence-electron chi connectivity index (χ0n) is 12.5. The fourth-order valence-corrected chi connectivity index (χ4v) is 3.94. The Labute approximate surface area is 131 Å². The van der Waals surface area contributed by atoms with Crippen molar-refractivity contribution >= 4 is 33.2 Å². The second kappa shape index (κ2) is 4.88. The van der Waals surface area contributed by atoms with Crippen LogP contribution in [0.15, 0.2) is 29.3 Å². The zero-order valence-corrected chi connectivity index (χ0v) is 13.3. The summed E-state index contributed by atoms with van der Waals surface area (Å²) < 4.78 is 1.81. The molecule has 0 radical (unpaired) electrons. The van der Waals surface area contributed by atoms with Crippen LogP contribution in [-0.4, -0.2) is 14.5 Å². The van der Waals surface area contributed by atoms with E-state index in [1.54, 1.807) is 17.5 Å². The molecule has 4 rings (SSSR count). The van der Waals surface area contributed by atoms with Gasteiger partial charge in [-0.15, -0.1) is 11.3 Å². The third-order valence-electron chi connectivity index (χ3n) is 4.21. The van der Waals surface area contributed by atoms with Gasteiger partial charge in [-0.3, -0.25) is 14.3 Å². The lowest BCUT2D eigenvalue weighted by atomic mass is 10.1. The molecule has 3 aromatic rings. The summed E-state index contributed by atoms with van der Waals surface area (Å²) in [5.41, 5.74) is 3.31. The van der Waals surface area contributed by atoms with Crippen LogP contribution in [0.25, 0.3) is 21.9 Å². The maximum absolute atomic E-state index is 12.7. The van der Waals surface area contributed by atoms with Crippen LogP contribution in [-0.2, 0) is 6.54 Å². The minimum atomic E-state index is 0.0939. The highest BCUT2D eigenvalue weighted by Gasteiger charge is 2.23. The number of rotatable bonds is 1. The molecule has 0 aliphatic carbocycles. The Balaban J connectivity index is 1.94. The Bertz CT molecular complexity index is 967. The van der Waals surface area contributed by atoms with Gasteiger partial charge in [-0.1, -0.05) is 6.07 Å². The molecule has 1 aliphatic rings. The van der Waals surface area contributed by atoms with Gasteiger partial charge in [0.15, 0.2) is 0 Å². The molecule has 22 heavy (non-hydrogen) atoms. The number of pyridine rings is 1. The van der Waals surface area contributed by atoms with Crippen molar-refractivity contribution in [3.63, 3.8) is 0 Å². The molecule has 0 atom stereocenters. The van der Waals surface area contributed by atoms with Crippen molar-refractivity contribution in [2.24, 2.45) is 0 Å². The van der Waals surface area contributed by atoms with Gasteiger partial charge in [-0.05, 0) is 49.1 Å². The van der Waals surface area contributed by atoms with E-state index in [9.17, 15) is 4.79 Å². The smallest absolute Gasteiger partial charge is 0.262 e. The molecule has 4 nitrogen and oxygen atoms in total. The van der Waals surface area contributed by atoms with E-state index in [2.05, 4.69) is 11.1 Å². The number of hydrogen-bond acceptors (Lipinski definition) is 4. The van der Waals surface area contributed by atoms with Crippen molar-refractivity contribution in [3.05, 3.63) is 56.7 Å². The number of aromatic nitrogens is 3. The quantitative estimate of drug-likeness (QED) is 0.692. The van der Waals surface area contributed by atoms with E-state index in [0.717, 1.165) is 39.2 Å². The predicted octanol–water partition coefficient (Wildman–Crippen LogP) is 3.41. The fraction of sp³-hybridized carbons (Fsp3) is 0.235. The molecule has 0 unspecified atom stereocenters. The first kappa shape index (κ1) is 13.4. The molecule has 0 aromatic carbocycles. The monoisotopic (exact) mass is 309 g/mol. The van der Waals surface area contributed by atoms with Gasteiger partial charge in [0.05, 0.1) is 5.39 Å². The maximum atomic E-state index is 12.7. The van der Waals surface area contributed by atoms with E-state index in [-0.39, 0.29) is 5.56 Å². The van der Waals surface area contributed by atoms with E-state index >= 15 is 0 Å². The summed E-state index contributed by atoms with van der Waals surface area (Å²) in [4.78, 5) is 23.7. The van der Waals surface area contributed by atoms with Gasteiger partial charge in [0.1, 0.15) is 10.7 Å². The molecule has 3 aromatic heterocycles. The van der Waals surface area contributed by atoms with Crippen LogP contribution in [0.2, 0.25) is 0 Å². The Morgan fingerprint density at radius 1 is 1.36 bits per heavy atom. The van der Waals surface area contributed by atoms with Gasteiger partial charge in [0.2, 0.25) is 0 Å². The first-order valence-electron chi connectivity index (χ1n) is 7.26. The number of fused-ring (bicyclic) bond motifs is 2. The van der Waals surface area contributed by atoms with Gasteiger partial charge >= 0.3 is 0 Å². The molecular formula is C17H15N3OS. The van der Waals surface area contributed by atoms with Gasteiger partial charge in [-0.25, -0.2) is 4.98 Å². The predicted molar refractivity (Wildman–Crippen MR) is 90.1 cm³/mol. The molecule has 4 heterocycles. The maximum Gasteiger partial charge on any atom is 0.262 e. The van der Waals surface area contributed by atoms with Gasteiger partial charge in [0.25, 0.3) is 5.56 Å². The standard InChI is InChI=1S/C17H15N3OS/c1-10-11(2)22-16-14(10)17(21)20-7-5-13(15(20)19-16)8-12-4-3-6-18-9-12/h3-4,6,8-9H,5,7H2,1-2H3/b13-8-. The minimum Gasteiger partial charge on any atom is -0.292 e. The first-order valence-corrected chi connectivity index (χ1v) is 8.08. The summed E-state index contributed by atoms with van der Waals surface area (Å²) in [7, 11) is 0. The van der Waals surface area contributed by atoms with Crippen molar-refractivity contribution in [1.29, 1.82) is 0 Å². The second-order valence-corrected chi connectivity index (χ2v) is 6.76. The van der Waals surface area contributed by atoms with Crippen molar-refractivity contribution < 1.29 is 0 Å². The Morgan fingerprint density at radius 3 is 3.00 bits per heavy atom. The SMILES string of the molecule is Cc1sc2nc3n(c(=O)c2c1C)CC/C3=C/c1cccnc1. The highest BCUT2D eigenvalue weighted by molar-refractivity contribution is 7.18. The van der Waals surface area contributed by atoms with E-state index in [1.165, 1.54) is 4.88 Å². The summed E-state index contributed by atoms with van der Waals surface area (Å²) in [6, 6.07) is 3.93. The topological polar surface area (TPSA) is 47.8 Å². The summed E-state index contributed by atoms with van der Waals surface area (Å²) in [5, 5.41) is 0.786. The Hall–Kier alpha value is -2.27. The molecule has 0 bridgehead atoms.